The zero-order valence-corrected chi connectivity index (χ0v) is 7.99. The molecular weight excluding hydrogens is 208 g/mol. The van der Waals surface area contributed by atoms with Gasteiger partial charge in [0, 0.05) is 0 Å². The van der Waals surface area contributed by atoms with Gasteiger partial charge in [-0.1, -0.05) is 11.6 Å². The molecular formula is C7H5ClN4S. The van der Waals surface area contributed by atoms with E-state index in [0.717, 1.165) is 0 Å². The Labute approximate surface area is 85.3 Å². The zero-order chi connectivity index (χ0) is 9.84. The van der Waals surface area contributed by atoms with Crippen molar-refractivity contribution in [3.8, 4) is 6.07 Å². The number of thiocarbonyl (C=S) groups is 1. The molecule has 1 aromatic rings. The number of nitrogens with two attached hydrogens (primary N) is 1. The van der Waals surface area contributed by atoms with E-state index < -0.39 is 0 Å². The largest absolute Gasteiger partial charge is 0.376 e. The number of hydrogen-bond acceptors (Lipinski definition) is 3. The van der Waals surface area contributed by atoms with E-state index in [-0.39, 0.29) is 10.8 Å². The highest BCUT2D eigenvalue weighted by Crippen LogP contribution is 2.15. The van der Waals surface area contributed by atoms with Crippen LogP contribution in [-0.2, 0) is 0 Å². The molecule has 0 unspecified atom stereocenters. The Balaban J connectivity index is 3.01. The highest BCUT2D eigenvalue weighted by Gasteiger charge is 2.02. The van der Waals surface area contributed by atoms with Crippen LogP contribution in [0.4, 0.5) is 5.82 Å². The molecule has 0 fully saturated rings. The van der Waals surface area contributed by atoms with Crippen molar-refractivity contribution in [2.75, 3.05) is 5.32 Å². The summed E-state index contributed by atoms with van der Waals surface area (Å²) in [5, 5.41) is 11.6. The maximum atomic E-state index is 8.59. The Morgan fingerprint density at radius 1 is 1.69 bits per heavy atom. The molecule has 1 rings (SSSR count). The third-order valence-electron chi connectivity index (χ3n) is 1.20. The van der Waals surface area contributed by atoms with E-state index in [4.69, 9.17) is 22.6 Å². The molecule has 0 aromatic carbocycles. The molecule has 1 heterocycles. The minimum Gasteiger partial charge on any atom is -0.376 e. The van der Waals surface area contributed by atoms with Crippen LogP contribution < -0.4 is 11.1 Å². The molecule has 0 saturated carbocycles. The zero-order valence-electron chi connectivity index (χ0n) is 6.41. The van der Waals surface area contributed by atoms with E-state index in [1.807, 2.05) is 6.07 Å². The van der Waals surface area contributed by atoms with Gasteiger partial charge in [0.25, 0.3) is 0 Å². The molecule has 66 valence electrons. The Morgan fingerprint density at radius 2 is 2.38 bits per heavy atom. The quantitative estimate of drug-likeness (QED) is 0.686. The van der Waals surface area contributed by atoms with Gasteiger partial charge in [-0.2, -0.15) is 5.26 Å². The van der Waals surface area contributed by atoms with Gasteiger partial charge >= 0.3 is 0 Å². The van der Waals surface area contributed by atoms with Gasteiger partial charge in [-0.15, -0.1) is 0 Å². The molecule has 0 bridgehead atoms. The second kappa shape index (κ2) is 4.03. The van der Waals surface area contributed by atoms with Gasteiger partial charge < -0.3 is 11.1 Å². The summed E-state index contributed by atoms with van der Waals surface area (Å²) in [6.07, 6.45) is 0. The van der Waals surface area contributed by atoms with Crippen molar-refractivity contribution in [3.05, 3.63) is 22.8 Å². The summed E-state index contributed by atoms with van der Waals surface area (Å²) in [5.41, 5.74) is 5.36. The first-order chi connectivity index (χ1) is 6.13. The highest BCUT2D eigenvalue weighted by atomic mass is 35.5. The second-order valence-corrected chi connectivity index (χ2v) is 2.98. The Kier molecular flexibility index (Phi) is 3.01. The molecule has 0 spiro atoms. The lowest BCUT2D eigenvalue weighted by Crippen LogP contribution is -2.19. The maximum Gasteiger partial charge on any atom is 0.169 e. The molecule has 3 N–H and O–H groups in total. The number of halogens is 1. The lowest BCUT2D eigenvalue weighted by Gasteiger charge is -2.02. The maximum absolute atomic E-state index is 8.59. The van der Waals surface area contributed by atoms with Crippen LogP contribution >= 0.6 is 23.8 Å². The molecule has 0 atom stereocenters. The molecule has 0 aliphatic rings. The summed E-state index contributed by atoms with van der Waals surface area (Å²) in [5.74, 6) is 0.411. The Morgan fingerprint density at radius 3 is 2.92 bits per heavy atom. The minimum atomic E-state index is 0.0960. The lowest BCUT2D eigenvalue weighted by molar-refractivity contribution is 1.26. The van der Waals surface area contributed by atoms with Gasteiger partial charge in [-0.25, -0.2) is 4.98 Å². The average molecular weight is 213 g/mol. The predicted molar refractivity (Wildman–Crippen MR) is 54.4 cm³/mol. The lowest BCUT2D eigenvalue weighted by atomic mass is 10.3. The van der Waals surface area contributed by atoms with Gasteiger partial charge in [0.05, 0.1) is 5.02 Å². The fourth-order valence-electron chi connectivity index (χ4n) is 0.716. The average Bonchev–Trinajstić information content (AvgIpc) is 2.07. The van der Waals surface area contributed by atoms with Crippen molar-refractivity contribution >= 4 is 34.7 Å². The first-order valence-electron chi connectivity index (χ1n) is 3.26. The fraction of sp³-hybridized carbons (Fsp3) is 0. The number of nitrogens with zero attached hydrogens (tertiary/aromatic N) is 2. The number of hydrogen-bond donors (Lipinski definition) is 2. The summed E-state index contributed by atoms with van der Waals surface area (Å²) in [4.78, 5) is 3.86. The van der Waals surface area contributed by atoms with E-state index in [9.17, 15) is 0 Å². The SMILES string of the molecule is N#Cc1nc(NC(N)=S)ccc1Cl. The number of anilines is 1. The van der Waals surface area contributed by atoms with Crippen LogP contribution in [0.1, 0.15) is 5.69 Å². The topological polar surface area (TPSA) is 74.7 Å². The van der Waals surface area contributed by atoms with Crippen LogP contribution in [0, 0.1) is 11.3 Å². The number of nitrogens with one attached hydrogen (secondary N) is 1. The summed E-state index contributed by atoms with van der Waals surface area (Å²) in [6, 6.07) is 4.98. The van der Waals surface area contributed by atoms with Gasteiger partial charge in [0.1, 0.15) is 11.9 Å². The molecule has 6 heteroatoms. The molecule has 4 nitrogen and oxygen atoms in total. The van der Waals surface area contributed by atoms with Crippen LogP contribution in [-0.4, -0.2) is 10.1 Å². The van der Waals surface area contributed by atoms with Crippen LogP contribution in [0.3, 0.4) is 0 Å². The van der Waals surface area contributed by atoms with Gasteiger partial charge in [0.15, 0.2) is 10.8 Å². The standard InChI is InChI=1S/C7H5ClN4S/c8-4-1-2-6(12-7(10)13)11-5(4)3-9/h1-2H,(H3,10,11,12,13). The van der Waals surface area contributed by atoms with Gasteiger partial charge in [0.2, 0.25) is 0 Å². The number of aromatic nitrogens is 1. The molecule has 0 aliphatic carbocycles. The Bertz CT molecular complexity index is 385. The van der Waals surface area contributed by atoms with E-state index >= 15 is 0 Å². The first kappa shape index (κ1) is 9.71. The highest BCUT2D eigenvalue weighted by molar-refractivity contribution is 7.80. The van der Waals surface area contributed by atoms with Crippen LogP contribution in [0.15, 0.2) is 12.1 Å². The summed E-state index contributed by atoms with van der Waals surface area (Å²) < 4.78 is 0. The van der Waals surface area contributed by atoms with Gasteiger partial charge in [-0.3, -0.25) is 0 Å². The molecule has 0 radical (unpaired) electrons. The van der Waals surface area contributed by atoms with Crippen molar-refractivity contribution in [1.29, 1.82) is 5.26 Å². The first-order valence-corrected chi connectivity index (χ1v) is 4.05. The molecule has 13 heavy (non-hydrogen) atoms. The smallest absolute Gasteiger partial charge is 0.169 e. The van der Waals surface area contributed by atoms with E-state index in [2.05, 4.69) is 22.5 Å². The fourth-order valence-corrected chi connectivity index (χ4v) is 0.968. The van der Waals surface area contributed by atoms with Crippen molar-refractivity contribution in [2.24, 2.45) is 5.73 Å². The summed E-state index contributed by atoms with van der Waals surface area (Å²) in [6.45, 7) is 0. The van der Waals surface area contributed by atoms with E-state index in [1.54, 1.807) is 12.1 Å². The summed E-state index contributed by atoms with van der Waals surface area (Å²) in [7, 11) is 0. The van der Waals surface area contributed by atoms with Crippen molar-refractivity contribution in [2.45, 2.75) is 0 Å². The monoisotopic (exact) mass is 212 g/mol. The van der Waals surface area contributed by atoms with Crippen molar-refractivity contribution in [1.82, 2.24) is 4.98 Å². The minimum absolute atomic E-state index is 0.0960. The summed E-state index contributed by atoms with van der Waals surface area (Å²) >= 11 is 10.3. The molecule has 1 aromatic heterocycles. The van der Waals surface area contributed by atoms with Gasteiger partial charge in [-0.05, 0) is 24.4 Å². The normalized spacial score (nSPS) is 8.92. The number of pyridine rings is 1. The van der Waals surface area contributed by atoms with E-state index in [1.165, 1.54) is 0 Å². The Hall–Kier alpha value is -1.38. The van der Waals surface area contributed by atoms with Crippen LogP contribution in [0.2, 0.25) is 5.02 Å². The van der Waals surface area contributed by atoms with Crippen LogP contribution in [0.25, 0.3) is 0 Å². The molecule has 0 aliphatic heterocycles. The number of rotatable bonds is 1. The van der Waals surface area contributed by atoms with Crippen molar-refractivity contribution < 1.29 is 0 Å². The second-order valence-electron chi connectivity index (χ2n) is 2.13. The third kappa shape index (κ3) is 2.54. The van der Waals surface area contributed by atoms with Crippen LogP contribution in [0.5, 0.6) is 0 Å². The number of nitriles is 1. The third-order valence-corrected chi connectivity index (χ3v) is 1.61. The molecule has 0 saturated heterocycles. The molecule has 0 amide bonds. The van der Waals surface area contributed by atoms with E-state index in [0.29, 0.717) is 10.8 Å². The predicted octanol–water partition coefficient (Wildman–Crippen LogP) is 1.26. The van der Waals surface area contributed by atoms with Crippen molar-refractivity contribution in [3.63, 3.8) is 0 Å².